The Morgan fingerprint density at radius 1 is 0.536 bits per heavy atom. The number of carbonyl (C=O) groups excluding carboxylic acids is 4. The molecule has 12 aliphatic heterocycles. The number of amidine groups is 2. The van der Waals surface area contributed by atoms with E-state index >= 15 is 0 Å². The van der Waals surface area contributed by atoms with Crippen LogP contribution >= 0.6 is 0 Å². The second-order valence-electron chi connectivity index (χ2n) is 25.4. The van der Waals surface area contributed by atoms with E-state index in [0.29, 0.717) is 43.4 Å². The normalized spacial score (nSPS) is 28.4. The molecule has 4 saturated heterocycles. The molecule has 0 radical (unpaired) electrons. The Morgan fingerprint density at radius 3 is 1.41 bits per heavy atom. The summed E-state index contributed by atoms with van der Waals surface area (Å²) in [6, 6.07) is 16.7. The number of aliphatic hydroxyl groups is 2. The van der Waals surface area contributed by atoms with Crippen LogP contribution in [0, 0.1) is 13.8 Å². The Kier molecular flexibility index (Phi) is 21.8. The minimum Gasteiger partial charge on any atom is -0.494 e. The highest BCUT2D eigenvalue weighted by Gasteiger charge is 2.50. The van der Waals surface area contributed by atoms with Crippen molar-refractivity contribution in [1.29, 1.82) is 0 Å². The summed E-state index contributed by atoms with van der Waals surface area (Å²) in [5.74, 6) is -1.96. The van der Waals surface area contributed by atoms with Crippen LogP contribution in [0.1, 0.15) is 124 Å². The fourth-order valence-corrected chi connectivity index (χ4v) is 16.1. The highest BCUT2D eigenvalue weighted by Crippen LogP contribution is 2.39. The van der Waals surface area contributed by atoms with Gasteiger partial charge in [-0.15, -0.1) is 0 Å². The fourth-order valence-electron chi connectivity index (χ4n) is 13.1. The molecule has 97 heavy (non-hydrogen) atoms. The van der Waals surface area contributed by atoms with Crippen molar-refractivity contribution in [3.8, 4) is 11.5 Å². The second kappa shape index (κ2) is 29.2. The number of piperidine rings is 2. The number of fused-ring (bicyclic) bond motifs is 4. The highest BCUT2D eigenvalue weighted by atomic mass is 32.2. The van der Waals surface area contributed by atoms with Crippen LogP contribution in [-0.4, -0.2) is 207 Å². The van der Waals surface area contributed by atoms with E-state index in [2.05, 4.69) is 20.6 Å². The average molecular weight is 1400 g/mol. The van der Waals surface area contributed by atoms with Gasteiger partial charge in [-0.2, -0.15) is 26.3 Å². The van der Waals surface area contributed by atoms with Crippen molar-refractivity contribution < 1.29 is 91.5 Å². The maximum atomic E-state index is 13.8. The molecule has 2 spiro atoms. The number of benzene rings is 4. The largest absolute Gasteiger partial charge is 0.494 e. The maximum absolute atomic E-state index is 13.8. The molecular formula is C67H80F6N8O14S2. The molecule has 0 unspecified atom stereocenters. The molecule has 4 atom stereocenters. The van der Waals surface area contributed by atoms with Crippen molar-refractivity contribution in [2.24, 2.45) is 9.98 Å². The van der Waals surface area contributed by atoms with Gasteiger partial charge in [0.1, 0.15) is 46.5 Å². The molecule has 4 N–H and O–H groups in total. The number of amides is 4. The molecule has 18 bridgehead atoms. The van der Waals surface area contributed by atoms with E-state index in [9.17, 15) is 72.6 Å². The minimum absolute atomic E-state index is 0. The first kappa shape index (κ1) is 72.4. The van der Waals surface area contributed by atoms with Crippen molar-refractivity contribution in [3.05, 3.63) is 141 Å². The summed E-state index contributed by atoms with van der Waals surface area (Å²) in [6.45, 7) is 5.04. The van der Waals surface area contributed by atoms with Gasteiger partial charge in [0.25, 0.3) is 23.6 Å². The first-order valence-electron chi connectivity index (χ1n) is 32.0. The van der Waals surface area contributed by atoms with Gasteiger partial charge < -0.3 is 49.6 Å². The molecule has 0 aromatic heterocycles. The lowest BCUT2D eigenvalue weighted by Crippen LogP contribution is -2.50. The Morgan fingerprint density at radius 2 is 0.969 bits per heavy atom. The van der Waals surface area contributed by atoms with Gasteiger partial charge in [-0.1, -0.05) is 31.7 Å². The summed E-state index contributed by atoms with van der Waals surface area (Å²) in [5, 5.41) is 26.3. The number of aliphatic imine (C=N–C) groups is 2. The Balaban J connectivity index is 0.000000208. The first-order valence-corrected chi connectivity index (χ1v) is 35.2. The zero-order chi connectivity index (χ0) is 68.5. The molecule has 12 aliphatic rings. The molecule has 0 aliphatic carbocycles. The van der Waals surface area contributed by atoms with Gasteiger partial charge in [0.2, 0.25) is 20.0 Å². The van der Waals surface area contributed by atoms with Crippen LogP contribution in [0.5, 0.6) is 11.5 Å². The topological polar surface area (TPSA) is 276 Å². The summed E-state index contributed by atoms with van der Waals surface area (Å²) >= 11 is 0. The van der Waals surface area contributed by atoms with Crippen LogP contribution < -0.4 is 20.1 Å². The van der Waals surface area contributed by atoms with Crippen LogP contribution in [0.15, 0.2) is 94.9 Å². The van der Waals surface area contributed by atoms with Crippen LogP contribution in [0.25, 0.3) is 0 Å². The van der Waals surface area contributed by atoms with Gasteiger partial charge in [0.15, 0.2) is 0 Å². The maximum Gasteiger partial charge on any atom is 0.416 e. The number of nitrogens with zero attached hydrogens (tertiary/aromatic N) is 6. The van der Waals surface area contributed by atoms with E-state index in [4.69, 9.17) is 18.9 Å². The van der Waals surface area contributed by atoms with Crippen molar-refractivity contribution in [3.63, 3.8) is 0 Å². The van der Waals surface area contributed by atoms with Crippen LogP contribution in [-0.2, 0) is 64.3 Å². The Labute approximate surface area is 559 Å². The molecular weight excluding hydrogens is 1320 g/mol. The molecule has 30 heteroatoms. The van der Waals surface area contributed by atoms with Crippen molar-refractivity contribution in [2.75, 3.05) is 90.3 Å². The Hall–Kier alpha value is -7.32. The van der Waals surface area contributed by atoms with E-state index < -0.39 is 90.8 Å². The predicted molar refractivity (Wildman–Crippen MR) is 345 cm³/mol. The average Bonchev–Trinajstić information content (AvgIpc) is 1.65. The van der Waals surface area contributed by atoms with Gasteiger partial charge in [0.05, 0.1) is 54.7 Å². The molecule has 22 nitrogen and oxygen atoms in total. The summed E-state index contributed by atoms with van der Waals surface area (Å²) in [6.07, 6.45) is -5.91. The standard InChI is InChI=1S/C33H39F3N4O7S.C33H37F3N4O7S.CH4/c2*1-21-15-23-6-5-22(21)7-14-48(44,45)40-10-8-32(9-11-40)31(43)37-29(38-32)24-16-25(33(34,35)36)18-26(17-24)46-12-3-2-4-13-47-28-20-39(30(23)42)19-27(28)41;/h5-6,15-18,27-28,41H,2-4,7-14,19-20H2,1H3,(H,37,38,43);2,4-6,15-18,27-28,41H,3,7-14,19-20H2,1H3,(H,37,38,43);1H4/b;4-2+;/t2*27-,28-;/m00./s1. The molecule has 12 heterocycles. The molecule has 4 aromatic carbocycles. The number of aliphatic hydroxyl groups excluding tert-OH is 2. The van der Waals surface area contributed by atoms with E-state index in [-0.39, 0.29) is 176 Å². The zero-order valence-electron chi connectivity index (χ0n) is 52.9. The number of nitrogens with one attached hydrogen (secondary N) is 2. The van der Waals surface area contributed by atoms with Gasteiger partial charge >= 0.3 is 12.4 Å². The number of sulfonamides is 2. The Bertz CT molecular complexity index is 3950. The summed E-state index contributed by atoms with van der Waals surface area (Å²) in [5.41, 5.74) is -0.472. The van der Waals surface area contributed by atoms with Crippen LogP contribution in [0.2, 0.25) is 0 Å². The molecule has 526 valence electrons. The summed E-state index contributed by atoms with van der Waals surface area (Å²) in [4.78, 5) is 64.9. The second-order valence-corrected chi connectivity index (χ2v) is 29.6. The third-order valence-corrected chi connectivity index (χ3v) is 22.6. The number of aryl methyl sites for hydroxylation is 4. The van der Waals surface area contributed by atoms with E-state index in [1.165, 1.54) is 25.6 Å². The van der Waals surface area contributed by atoms with Crippen LogP contribution in [0.3, 0.4) is 0 Å². The third kappa shape index (κ3) is 16.5. The number of alkyl halides is 6. The van der Waals surface area contributed by atoms with Gasteiger partial charge in [0, 0.05) is 81.2 Å². The van der Waals surface area contributed by atoms with Crippen LogP contribution in [0.4, 0.5) is 26.3 Å². The SMILES string of the molecule is C.Cc1cc2ccc1CCS(=O)(=O)N1CCC3(CC1)N=C(NC3=O)c1cc(cc(C(F)(F)F)c1)OCC/C=C/CO[C@H]1CN(C[C@@H]1O)C2=O.Cc1cc2ccc1CCS(=O)(=O)N1CCC3(CC1)N=C(NC3=O)c1cc(cc(C(F)(F)F)c1)OCCCCCO[C@H]1CN(C[C@@H]1O)C2=O. The zero-order valence-corrected chi connectivity index (χ0v) is 54.6. The number of carbonyl (C=O) groups is 4. The van der Waals surface area contributed by atoms with Crippen molar-refractivity contribution in [1.82, 2.24) is 29.0 Å². The first-order chi connectivity index (χ1) is 45.5. The van der Waals surface area contributed by atoms with E-state index in [1.807, 2.05) is 13.8 Å². The third-order valence-electron chi connectivity index (χ3n) is 18.9. The quantitative estimate of drug-likeness (QED) is 0.108. The molecule has 0 saturated carbocycles. The van der Waals surface area contributed by atoms with Gasteiger partial charge in [-0.3, -0.25) is 29.2 Å². The molecule has 4 amide bonds. The lowest BCUT2D eigenvalue weighted by molar-refractivity contribution is -0.138. The molecule has 4 fully saturated rings. The highest BCUT2D eigenvalue weighted by molar-refractivity contribution is 7.89. The van der Waals surface area contributed by atoms with E-state index in [0.717, 1.165) is 46.5 Å². The molecule has 4 aromatic rings. The number of rotatable bonds is 0. The lowest BCUT2D eigenvalue weighted by Gasteiger charge is -2.34. The monoisotopic (exact) mass is 1400 g/mol. The fraction of sp³-hybridized carbons (Fsp3) is 0.522. The summed E-state index contributed by atoms with van der Waals surface area (Å²) < 4.78 is 162. The van der Waals surface area contributed by atoms with E-state index in [1.54, 1.807) is 53.5 Å². The number of ether oxygens (including phenoxy) is 4. The van der Waals surface area contributed by atoms with Crippen molar-refractivity contribution >= 4 is 55.3 Å². The predicted octanol–water partition coefficient (Wildman–Crippen LogP) is 6.54. The molecule has 16 rings (SSSR count). The van der Waals surface area contributed by atoms with Gasteiger partial charge in [-0.25, -0.2) is 25.4 Å². The number of halogens is 6. The summed E-state index contributed by atoms with van der Waals surface area (Å²) in [7, 11) is -7.45. The lowest BCUT2D eigenvalue weighted by atomic mass is 9.89. The minimum atomic E-state index is -4.68. The smallest absolute Gasteiger partial charge is 0.416 e. The number of hydrogen-bond acceptors (Lipinski definition) is 16. The van der Waals surface area contributed by atoms with Crippen molar-refractivity contribution in [2.45, 2.75) is 133 Å². The number of hydrogen-bond donors (Lipinski definition) is 4. The van der Waals surface area contributed by atoms with Gasteiger partial charge in [-0.05, 0) is 161 Å².